The number of carbonyl (C=O) groups excluding carboxylic acids is 1. The molecule has 7 heteroatoms. The van der Waals surface area contributed by atoms with Crippen LogP contribution in [0.15, 0.2) is 77.7 Å². The lowest BCUT2D eigenvalue weighted by molar-refractivity contribution is -0.123. The number of aryl methyl sites for hydroxylation is 2. The SMILES string of the molecule is Cc1ccc(C)c(NS(=O)(=O)c2ccc(OCC(=O)NC(C)c3ccccc3)cc2)c1. The van der Waals surface area contributed by atoms with Gasteiger partial charge in [0.05, 0.1) is 16.6 Å². The molecule has 3 aromatic rings. The summed E-state index contributed by atoms with van der Waals surface area (Å²) in [5.41, 5.74) is 3.35. The number of anilines is 1. The van der Waals surface area contributed by atoms with E-state index in [0.29, 0.717) is 11.4 Å². The van der Waals surface area contributed by atoms with Gasteiger partial charge in [-0.3, -0.25) is 9.52 Å². The van der Waals surface area contributed by atoms with Gasteiger partial charge < -0.3 is 10.1 Å². The quantitative estimate of drug-likeness (QED) is 0.547. The molecule has 0 aliphatic heterocycles. The van der Waals surface area contributed by atoms with Crippen LogP contribution in [0.3, 0.4) is 0 Å². The standard InChI is InChI=1S/C24H26N2O4S/c1-17-9-10-18(2)23(15-17)26-31(28,29)22-13-11-21(12-14-22)30-16-24(27)25-19(3)20-7-5-4-6-8-20/h4-15,19,26H,16H2,1-3H3,(H,25,27). The molecule has 0 aliphatic carbocycles. The second kappa shape index (κ2) is 9.66. The van der Waals surface area contributed by atoms with Crippen LogP contribution in [0, 0.1) is 13.8 Å². The minimum absolute atomic E-state index is 0.114. The van der Waals surface area contributed by atoms with E-state index in [1.807, 2.05) is 63.2 Å². The summed E-state index contributed by atoms with van der Waals surface area (Å²) in [7, 11) is -3.73. The topological polar surface area (TPSA) is 84.5 Å². The molecule has 3 aromatic carbocycles. The summed E-state index contributed by atoms with van der Waals surface area (Å²) < 4.78 is 33.5. The molecule has 0 aliphatic rings. The summed E-state index contributed by atoms with van der Waals surface area (Å²) in [6, 6.07) is 21.1. The zero-order valence-corrected chi connectivity index (χ0v) is 18.6. The molecule has 162 valence electrons. The molecule has 0 heterocycles. The van der Waals surface area contributed by atoms with Crippen molar-refractivity contribution in [2.45, 2.75) is 31.7 Å². The summed E-state index contributed by atoms with van der Waals surface area (Å²) in [6.45, 7) is 5.48. The lowest BCUT2D eigenvalue weighted by Crippen LogP contribution is -2.31. The van der Waals surface area contributed by atoms with Crippen LogP contribution in [-0.4, -0.2) is 20.9 Å². The van der Waals surface area contributed by atoms with Gasteiger partial charge in [-0.2, -0.15) is 0 Å². The molecule has 1 unspecified atom stereocenters. The van der Waals surface area contributed by atoms with E-state index in [1.54, 1.807) is 6.07 Å². The van der Waals surface area contributed by atoms with Gasteiger partial charge >= 0.3 is 0 Å². The first kappa shape index (κ1) is 22.4. The average Bonchev–Trinajstić information content (AvgIpc) is 2.75. The lowest BCUT2D eigenvalue weighted by atomic mass is 10.1. The van der Waals surface area contributed by atoms with E-state index in [1.165, 1.54) is 24.3 Å². The Kier molecular flexibility index (Phi) is 6.97. The minimum Gasteiger partial charge on any atom is -0.484 e. The molecule has 1 atom stereocenters. The third kappa shape index (κ3) is 6.08. The monoisotopic (exact) mass is 438 g/mol. The van der Waals surface area contributed by atoms with Crippen LogP contribution in [0.1, 0.15) is 29.7 Å². The van der Waals surface area contributed by atoms with Crippen molar-refractivity contribution in [2.75, 3.05) is 11.3 Å². The third-order valence-electron chi connectivity index (χ3n) is 4.82. The van der Waals surface area contributed by atoms with Crippen molar-refractivity contribution >= 4 is 21.6 Å². The highest BCUT2D eigenvalue weighted by Crippen LogP contribution is 2.22. The van der Waals surface area contributed by atoms with E-state index in [-0.39, 0.29) is 23.5 Å². The molecule has 31 heavy (non-hydrogen) atoms. The normalized spacial score (nSPS) is 12.1. The van der Waals surface area contributed by atoms with Crippen molar-refractivity contribution in [3.05, 3.63) is 89.5 Å². The van der Waals surface area contributed by atoms with Crippen molar-refractivity contribution in [3.8, 4) is 5.75 Å². The van der Waals surface area contributed by atoms with Crippen LogP contribution in [0.2, 0.25) is 0 Å². The number of carbonyl (C=O) groups is 1. The number of hydrogen-bond donors (Lipinski definition) is 2. The smallest absolute Gasteiger partial charge is 0.261 e. The number of amides is 1. The van der Waals surface area contributed by atoms with Gasteiger partial charge in [0.25, 0.3) is 15.9 Å². The molecule has 6 nitrogen and oxygen atoms in total. The summed E-state index contributed by atoms with van der Waals surface area (Å²) in [5.74, 6) is 0.151. The maximum absolute atomic E-state index is 12.7. The fourth-order valence-electron chi connectivity index (χ4n) is 3.02. The molecule has 2 N–H and O–H groups in total. The summed E-state index contributed by atoms with van der Waals surface area (Å²) >= 11 is 0. The number of nitrogens with one attached hydrogen (secondary N) is 2. The van der Waals surface area contributed by atoms with Gasteiger partial charge in [-0.05, 0) is 67.8 Å². The van der Waals surface area contributed by atoms with E-state index in [9.17, 15) is 13.2 Å². The van der Waals surface area contributed by atoms with Gasteiger partial charge in [-0.1, -0.05) is 42.5 Å². The molecule has 0 spiro atoms. The van der Waals surface area contributed by atoms with E-state index in [2.05, 4.69) is 10.0 Å². The van der Waals surface area contributed by atoms with Gasteiger partial charge in [0.15, 0.2) is 6.61 Å². The first-order chi connectivity index (χ1) is 14.7. The first-order valence-corrected chi connectivity index (χ1v) is 11.4. The summed E-state index contributed by atoms with van der Waals surface area (Å²) in [4.78, 5) is 12.3. The fraction of sp³-hybridized carbons (Fsp3) is 0.208. The van der Waals surface area contributed by atoms with Crippen molar-refractivity contribution in [1.29, 1.82) is 0 Å². The van der Waals surface area contributed by atoms with Gasteiger partial charge in [0.1, 0.15) is 5.75 Å². The number of rotatable bonds is 8. The number of ether oxygens (including phenoxy) is 1. The Morgan fingerprint density at radius 2 is 1.65 bits per heavy atom. The van der Waals surface area contributed by atoms with Crippen LogP contribution in [0.5, 0.6) is 5.75 Å². The van der Waals surface area contributed by atoms with Crippen molar-refractivity contribution in [1.82, 2.24) is 5.32 Å². The highest BCUT2D eigenvalue weighted by Gasteiger charge is 2.16. The average molecular weight is 439 g/mol. The Morgan fingerprint density at radius 3 is 2.32 bits per heavy atom. The van der Waals surface area contributed by atoms with Crippen LogP contribution < -0.4 is 14.8 Å². The molecule has 0 saturated carbocycles. The molecule has 0 fully saturated rings. The van der Waals surface area contributed by atoms with Crippen molar-refractivity contribution < 1.29 is 17.9 Å². The zero-order valence-electron chi connectivity index (χ0n) is 17.8. The van der Waals surface area contributed by atoms with E-state index < -0.39 is 10.0 Å². The maximum atomic E-state index is 12.7. The zero-order chi connectivity index (χ0) is 22.4. The van der Waals surface area contributed by atoms with Crippen molar-refractivity contribution in [2.24, 2.45) is 0 Å². The fourth-order valence-corrected chi connectivity index (χ4v) is 4.14. The number of benzene rings is 3. The molecular weight excluding hydrogens is 412 g/mol. The Hall–Kier alpha value is -3.32. The molecule has 0 aromatic heterocycles. The number of sulfonamides is 1. The predicted octanol–water partition coefficient (Wildman–Crippen LogP) is 4.36. The highest BCUT2D eigenvalue weighted by molar-refractivity contribution is 7.92. The second-order valence-electron chi connectivity index (χ2n) is 7.38. The van der Waals surface area contributed by atoms with E-state index in [0.717, 1.165) is 16.7 Å². The summed E-state index contributed by atoms with van der Waals surface area (Å²) in [6.07, 6.45) is 0. The Balaban J connectivity index is 1.58. The van der Waals surface area contributed by atoms with E-state index in [4.69, 9.17) is 4.74 Å². The molecule has 0 radical (unpaired) electrons. The van der Waals surface area contributed by atoms with Gasteiger partial charge in [-0.25, -0.2) is 8.42 Å². The Morgan fingerprint density at radius 1 is 0.968 bits per heavy atom. The van der Waals surface area contributed by atoms with Gasteiger partial charge in [0, 0.05) is 0 Å². The number of hydrogen-bond acceptors (Lipinski definition) is 4. The van der Waals surface area contributed by atoms with Crippen molar-refractivity contribution in [3.63, 3.8) is 0 Å². The maximum Gasteiger partial charge on any atom is 0.261 e. The highest BCUT2D eigenvalue weighted by atomic mass is 32.2. The third-order valence-corrected chi connectivity index (χ3v) is 6.20. The molecule has 3 rings (SSSR count). The Labute approximate surface area is 183 Å². The lowest BCUT2D eigenvalue weighted by Gasteiger charge is -2.15. The van der Waals surface area contributed by atoms with Crippen LogP contribution in [0.4, 0.5) is 5.69 Å². The Bertz CT molecular complexity index is 1140. The molecular formula is C24H26N2O4S. The second-order valence-corrected chi connectivity index (χ2v) is 9.07. The largest absolute Gasteiger partial charge is 0.484 e. The molecule has 0 bridgehead atoms. The van der Waals surface area contributed by atoms with Crippen LogP contribution >= 0.6 is 0 Å². The molecule has 1 amide bonds. The minimum atomic E-state index is -3.73. The first-order valence-electron chi connectivity index (χ1n) is 9.92. The van der Waals surface area contributed by atoms with E-state index >= 15 is 0 Å². The van der Waals surface area contributed by atoms with Gasteiger partial charge in [-0.15, -0.1) is 0 Å². The van der Waals surface area contributed by atoms with Crippen LogP contribution in [0.25, 0.3) is 0 Å². The van der Waals surface area contributed by atoms with Crippen LogP contribution in [-0.2, 0) is 14.8 Å². The van der Waals surface area contributed by atoms with Gasteiger partial charge in [0.2, 0.25) is 0 Å². The predicted molar refractivity (Wildman–Crippen MR) is 122 cm³/mol. The molecule has 0 saturated heterocycles. The summed E-state index contributed by atoms with van der Waals surface area (Å²) in [5, 5.41) is 2.87.